The van der Waals surface area contributed by atoms with Crippen LogP contribution in [0.1, 0.15) is 16.8 Å². The normalized spacial score (nSPS) is 14.2. The SMILES string of the molecule is Cc1ccc(-c2nc(N)c3c(n2)CCOC3)cc1Br. The molecule has 0 unspecified atom stereocenters. The second-order valence-electron chi connectivity index (χ2n) is 4.62. The van der Waals surface area contributed by atoms with E-state index >= 15 is 0 Å². The van der Waals surface area contributed by atoms with Crippen molar-refractivity contribution in [3.8, 4) is 11.4 Å². The molecule has 1 aliphatic heterocycles. The number of hydrogen-bond acceptors (Lipinski definition) is 4. The first kappa shape index (κ1) is 12.6. The molecule has 0 atom stereocenters. The minimum Gasteiger partial charge on any atom is -0.383 e. The van der Waals surface area contributed by atoms with E-state index in [1.54, 1.807) is 0 Å². The van der Waals surface area contributed by atoms with Crippen LogP contribution in [0.5, 0.6) is 0 Å². The summed E-state index contributed by atoms with van der Waals surface area (Å²) in [5.41, 5.74) is 10.1. The van der Waals surface area contributed by atoms with Crippen LogP contribution >= 0.6 is 15.9 Å². The number of aryl methyl sites for hydroxylation is 1. The third kappa shape index (κ3) is 2.35. The third-order valence-electron chi connectivity index (χ3n) is 3.28. The fraction of sp³-hybridized carbons (Fsp3) is 0.286. The Morgan fingerprint density at radius 2 is 2.16 bits per heavy atom. The van der Waals surface area contributed by atoms with Crippen LogP contribution in [0.25, 0.3) is 11.4 Å². The second-order valence-corrected chi connectivity index (χ2v) is 5.48. The molecule has 0 saturated heterocycles. The van der Waals surface area contributed by atoms with Crippen molar-refractivity contribution >= 4 is 21.7 Å². The lowest BCUT2D eigenvalue weighted by molar-refractivity contribution is 0.109. The van der Waals surface area contributed by atoms with Crippen molar-refractivity contribution in [3.63, 3.8) is 0 Å². The minimum absolute atomic E-state index is 0.513. The largest absolute Gasteiger partial charge is 0.383 e. The molecule has 1 aromatic carbocycles. The predicted molar refractivity (Wildman–Crippen MR) is 77.7 cm³/mol. The fourth-order valence-electron chi connectivity index (χ4n) is 2.12. The number of benzene rings is 1. The van der Waals surface area contributed by atoms with Gasteiger partial charge in [0.25, 0.3) is 0 Å². The van der Waals surface area contributed by atoms with E-state index < -0.39 is 0 Å². The van der Waals surface area contributed by atoms with Crippen molar-refractivity contribution < 1.29 is 4.74 Å². The Morgan fingerprint density at radius 1 is 1.32 bits per heavy atom. The van der Waals surface area contributed by atoms with Crippen LogP contribution in [-0.2, 0) is 17.8 Å². The zero-order chi connectivity index (χ0) is 13.4. The van der Waals surface area contributed by atoms with E-state index in [0.29, 0.717) is 24.9 Å². The maximum absolute atomic E-state index is 6.00. The van der Waals surface area contributed by atoms with Crippen molar-refractivity contribution in [2.24, 2.45) is 0 Å². The molecule has 1 aliphatic rings. The highest BCUT2D eigenvalue weighted by molar-refractivity contribution is 9.10. The Bertz CT molecular complexity index is 643. The molecule has 0 fully saturated rings. The average Bonchev–Trinajstić information content (AvgIpc) is 2.42. The average molecular weight is 320 g/mol. The number of anilines is 1. The summed E-state index contributed by atoms with van der Waals surface area (Å²) in [4.78, 5) is 9.02. The van der Waals surface area contributed by atoms with Crippen LogP contribution in [0.2, 0.25) is 0 Å². The van der Waals surface area contributed by atoms with E-state index in [0.717, 1.165) is 27.7 Å². The number of fused-ring (bicyclic) bond motifs is 1. The summed E-state index contributed by atoms with van der Waals surface area (Å²) in [7, 11) is 0. The van der Waals surface area contributed by atoms with Gasteiger partial charge in [-0.2, -0.15) is 0 Å². The minimum atomic E-state index is 0.513. The Balaban J connectivity index is 2.10. The Hall–Kier alpha value is -1.46. The third-order valence-corrected chi connectivity index (χ3v) is 4.14. The summed E-state index contributed by atoms with van der Waals surface area (Å²) in [6.07, 6.45) is 0.794. The van der Waals surface area contributed by atoms with Gasteiger partial charge in [0.05, 0.1) is 18.9 Å². The van der Waals surface area contributed by atoms with Crippen LogP contribution < -0.4 is 5.73 Å². The highest BCUT2D eigenvalue weighted by Gasteiger charge is 2.17. The quantitative estimate of drug-likeness (QED) is 0.878. The van der Waals surface area contributed by atoms with Crippen molar-refractivity contribution in [1.29, 1.82) is 0 Å². The van der Waals surface area contributed by atoms with Crippen molar-refractivity contribution in [1.82, 2.24) is 9.97 Å². The lowest BCUT2D eigenvalue weighted by atomic mass is 10.1. The van der Waals surface area contributed by atoms with Gasteiger partial charge in [-0.05, 0) is 18.6 Å². The maximum Gasteiger partial charge on any atom is 0.161 e. The summed E-state index contributed by atoms with van der Waals surface area (Å²) >= 11 is 3.53. The smallest absolute Gasteiger partial charge is 0.161 e. The first-order chi connectivity index (χ1) is 9.15. The predicted octanol–water partition coefficient (Wildman–Crippen LogP) is 2.87. The van der Waals surface area contributed by atoms with Crippen LogP contribution in [0, 0.1) is 6.92 Å². The standard InChI is InChI=1S/C14H14BrN3O/c1-8-2-3-9(6-11(8)15)14-17-12-4-5-19-7-10(12)13(16)18-14/h2-3,6H,4-5,7H2,1H3,(H2,16,17,18). The van der Waals surface area contributed by atoms with E-state index in [2.05, 4.69) is 25.9 Å². The molecule has 0 radical (unpaired) electrons. The molecule has 98 valence electrons. The van der Waals surface area contributed by atoms with Crippen molar-refractivity contribution in [2.75, 3.05) is 12.3 Å². The number of nitrogens with zero attached hydrogens (tertiary/aromatic N) is 2. The second kappa shape index (κ2) is 4.90. The van der Waals surface area contributed by atoms with Gasteiger partial charge >= 0.3 is 0 Å². The number of ether oxygens (including phenoxy) is 1. The zero-order valence-corrected chi connectivity index (χ0v) is 12.2. The monoisotopic (exact) mass is 319 g/mol. The van der Waals surface area contributed by atoms with Gasteiger partial charge in [-0.1, -0.05) is 28.1 Å². The van der Waals surface area contributed by atoms with Gasteiger partial charge in [-0.25, -0.2) is 9.97 Å². The van der Waals surface area contributed by atoms with Crippen LogP contribution in [0.4, 0.5) is 5.82 Å². The van der Waals surface area contributed by atoms with Crippen LogP contribution in [0.3, 0.4) is 0 Å². The molecule has 0 amide bonds. The zero-order valence-electron chi connectivity index (χ0n) is 10.6. The van der Waals surface area contributed by atoms with Gasteiger partial charge < -0.3 is 10.5 Å². The number of halogens is 1. The summed E-state index contributed by atoms with van der Waals surface area (Å²) in [5, 5.41) is 0. The molecular formula is C14H14BrN3O. The molecule has 0 saturated carbocycles. The first-order valence-corrected chi connectivity index (χ1v) is 6.94. The molecule has 2 aromatic rings. The lowest BCUT2D eigenvalue weighted by Gasteiger charge is -2.17. The van der Waals surface area contributed by atoms with Crippen LogP contribution in [-0.4, -0.2) is 16.6 Å². The van der Waals surface area contributed by atoms with Gasteiger partial charge in [0.1, 0.15) is 5.82 Å². The van der Waals surface area contributed by atoms with E-state index in [-0.39, 0.29) is 0 Å². The van der Waals surface area contributed by atoms with E-state index in [1.165, 1.54) is 5.56 Å². The van der Waals surface area contributed by atoms with Gasteiger partial charge in [0, 0.05) is 22.0 Å². The lowest BCUT2D eigenvalue weighted by Crippen LogP contribution is -2.16. The highest BCUT2D eigenvalue weighted by Crippen LogP contribution is 2.27. The first-order valence-electron chi connectivity index (χ1n) is 6.14. The maximum atomic E-state index is 6.00. The molecule has 0 spiro atoms. The number of nitrogen functional groups attached to an aromatic ring is 1. The summed E-state index contributed by atoms with van der Waals surface area (Å²) < 4.78 is 6.44. The Labute approximate surface area is 120 Å². The molecule has 4 nitrogen and oxygen atoms in total. The van der Waals surface area contributed by atoms with Crippen LogP contribution in [0.15, 0.2) is 22.7 Å². The van der Waals surface area contributed by atoms with Crippen molar-refractivity contribution in [2.45, 2.75) is 20.0 Å². The molecule has 2 heterocycles. The molecule has 2 N–H and O–H groups in total. The summed E-state index contributed by atoms with van der Waals surface area (Å²) in [6, 6.07) is 6.08. The number of rotatable bonds is 1. The molecule has 19 heavy (non-hydrogen) atoms. The Kier molecular flexibility index (Phi) is 3.24. The molecule has 5 heteroatoms. The summed E-state index contributed by atoms with van der Waals surface area (Å²) in [5.74, 6) is 1.20. The Morgan fingerprint density at radius 3 is 2.95 bits per heavy atom. The number of aromatic nitrogens is 2. The molecule has 1 aromatic heterocycles. The summed E-state index contributed by atoms with van der Waals surface area (Å²) in [6.45, 7) is 3.26. The number of hydrogen-bond donors (Lipinski definition) is 1. The molecule has 3 rings (SSSR count). The number of nitrogens with two attached hydrogens (primary N) is 1. The topological polar surface area (TPSA) is 61.0 Å². The van der Waals surface area contributed by atoms with Crippen molar-refractivity contribution in [3.05, 3.63) is 39.5 Å². The van der Waals surface area contributed by atoms with Gasteiger partial charge in [0.2, 0.25) is 0 Å². The van der Waals surface area contributed by atoms with Gasteiger partial charge in [0.15, 0.2) is 5.82 Å². The highest BCUT2D eigenvalue weighted by atomic mass is 79.9. The van der Waals surface area contributed by atoms with E-state index in [4.69, 9.17) is 10.5 Å². The molecule has 0 bridgehead atoms. The van der Waals surface area contributed by atoms with Gasteiger partial charge in [-0.3, -0.25) is 0 Å². The molecule has 0 aliphatic carbocycles. The van der Waals surface area contributed by atoms with E-state index in [9.17, 15) is 0 Å². The van der Waals surface area contributed by atoms with E-state index in [1.807, 2.05) is 25.1 Å². The van der Waals surface area contributed by atoms with Gasteiger partial charge in [-0.15, -0.1) is 0 Å². The molecular weight excluding hydrogens is 306 g/mol. The fourth-order valence-corrected chi connectivity index (χ4v) is 2.50.